The average Bonchev–Trinajstić information content (AvgIpc) is 2.92. The summed E-state index contributed by atoms with van der Waals surface area (Å²) in [6.45, 7) is 2.26. The van der Waals surface area contributed by atoms with Gasteiger partial charge in [0.25, 0.3) is 0 Å². The van der Waals surface area contributed by atoms with E-state index >= 15 is 0 Å². The number of halogens is 2. The van der Waals surface area contributed by atoms with Gasteiger partial charge in [-0.3, -0.25) is 9.48 Å². The van der Waals surface area contributed by atoms with E-state index in [4.69, 9.17) is 5.73 Å². The van der Waals surface area contributed by atoms with E-state index in [0.29, 0.717) is 6.54 Å². The summed E-state index contributed by atoms with van der Waals surface area (Å²) in [5.74, 6) is -0.104. The summed E-state index contributed by atoms with van der Waals surface area (Å²) in [6, 6.07) is 8.95. The fraction of sp³-hybridized carbons (Fsp3) is 0.231. The molecule has 0 aliphatic rings. The van der Waals surface area contributed by atoms with Gasteiger partial charge in [-0.25, -0.2) is 0 Å². The Hall–Kier alpha value is -1.56. The van der Waals surface area contributed by atoms with Gasteiger partial charge in [0, 0.05) is 24.6 Å². The minimum Gasteiger partial charge on any atom is -0.326 e. The van der Waals surface area contributed by atoms with Crippen molar-refractivity contribution in [3.8, 4) is 0 Å². The number of amides is 1. The van der Waals surface area contributed by atoms with Gasteiger partial charge in [0.1, 0.15) is 6.04 Å². The highest BCUT2D eigenvalue weighted by Crippen LogP contribution is 2.13. The van der Waals surface area contributed by atoms with Gasteiger partial charge in [-0.15, -0.1) is 24.8 Å². The maximum Gasteiger partial charge on any atom is 0.248 e. The van der Waals surface area contributed by atoms with Crippen LogP contribution >= 0.6 is 24.8 Å². The quantitative estimate of drug-likeness (QED) is 0.909. The van der Waals surface area contributed by atoms with Crippen molar-refractivity contribution >= 4 is 36.4 Å². The summed E-state index contributed by atoms with van der Waals surface area (Å²) in [4.78, 5) is 12.0. The van der Waals surface area contributed by atoms with Crippen LogP contribution in [0.3, 0.4) is 0 Å². The maximum atomic E-state index is 12.0. The number of aromatic nitrogens is 2. The Balaban J connectivity index is 0.00000180. The highest BCUT2D eigenvalue weighted by atomic mass is 35.5. The third kappa shape index (κ3) is 4.52. The molecule has 0 aliphatic heterocycles. The number of hydrogen-bond donors (Lipinski definition) is 2. The van der Waals surface area contributed by atoms with E-state index in [1.54, 1.807) is 30.1 Å². The monoisotopic (exact) mass is 316 g/mol. The van der Waals surface area contributed by atoms with Crippen LogP contribution in [0.1, 0.15) is 18.5 Å². The molecule has 1 aromatic heterocycles. The molecule has 0 radical (unpaired) electrons. The van der Waals surface area contributed by atoms with E-state index in [2.05, 4.69) is 10.4 Å². The third-order valence-electron chi connectivity index (χ3n) is 2.73. The molecule has 0 fully saturated rings. The molecular weight excluding hydrogens is 299 g/mol. The second kappa shape index (κ2) is 8.58. The highest BCUT2D eigenvalue weighted by Gasteiger charge is 2.14. The van der Waals surface area contributed by atoms with E-state index in [0.717, 1.165) is 11.3 Å². The molecule has 0 bridgehead atoms. The van der Waals surface area contributed by atoms with Crippen LogP contribution in [0.25, 0.3) is 0 Å². The second-order valence-corrected chi connectivity index (χ2v) is 4.06. The van der Waals surface area contributed by atoms with Crippen molar-refractivity contribution in [1.29, 1.82) is 0 Å². The molecule has 1 atom stereocenters. The number of carbonyl (C=O) groups excluding carboxylic acids is 1. The van der Waals surface area contributed by atoms with E-state index in [-0.39, 0.29) is 36.8 Å². The minimum atomic E-state index is -0.346. The van der Waals surface area contributed by atoms with Gasteiger partial charge in [-0.05, 0) is 30.7 Å². The van der Waals surface area contributed by atoms with Gasteiger partial charge >= 0.3 is 0 Å². The molecule has 0 saturated carbocycles. The van der Waals surface area contributed by atoms with Crippen LogP contribution in [0.2, 0.25) is 0 Å². The fourth-order valence-electron chi connectivity index (χ4n) is 1.65. The third-order valence-corrected chi connectivity index (χ3v) is 2.73. The van der Waals surface area contributed by atoms with Crippen molar-refractivity contribution in [1.82, 2.24) is 9.78 Å². The van der Waals surface area contributed by atoms with Crippen molar-refractivity contribution in [3.05, 3.63) is 48.3 Å². The molecular formula is C13H18Cl2N4O. The van der Waals surface area contributed by atoms with Gasteiger partial charge in [0.15, 0.2) is 0 Å². The molecule has 1 unspecified atom stereocenters. The number of benzene rings is 1. The fourth-order valence-corrected chi connectivity index (χ4v) is 1.65. The minimum absolute atomic E-state index is 0. The lowest BCUT2D eigenvalue weighted by molar-refractivity contribution is -0.119. The predicted octanol–water partition coefficient (Wildman–Crippen LogP) is 2.39. The summed E-state index contributed by atoms with van der Waals surface area (Å²) in [5.41, 5.74) is 7.30. The number of anilines is 1. The molecule has 0 spiro atoms. The Morgan fingerprint density at radius 3 is 2.75 bits per heavy atom. The normalized spacial score (nSPS) is 10.9. The molecule has 1 aromatic carbocycles. The zero-order valence-electron chi connectivity index (χ0n) is 11.0. The van der Waals surface area contributed by atoms with Crippen molar-refractivity contribution in [2.75, 3.05) is 5.32 Å². The lowest BCUT2D eigenvalue weighted by atomic mass is 10.2. The number of hydrogen-bond acceptors (Lipinski definition) is 3. The first-order valence-electron chi connectivity index (χ1n) is 5.79. The van der Waals surface area contributed by atoms with E-state index in [1.807, 2.05) is 24.3 Å². The lowest BCUT2D eigenvalue weighted by Crippen LogP contribution is -2.24. The molecule has 0 aliphatic carbocycles. The van der Waals surface area contributed by atoms with Crippen LogP contribution in [0.5, 0.6) is 0 Å². The Morgan fingerprint density at radius 1 is 1.40 bits per heavy atom. The van der Waals surface area contributed by atoms with Crippen LogP contribution in [0.4, 0.5) is 5.69 Å². The molecule has 3 N–H and O–H groups in total. The van der Waals surface area contributed by atoms with E-state index in [9.17, 15) is 4.79 Å². The first-order valence-corrected chi connectivity index (χ1v) is 5.79. The molecule has 20 heavy (non-hydrogen) atoms. The van der Waals surface area contributed by atoms with Gasteiger partial charge in [-0.1, -0.05) is 12.1 Å². The van der Waals surface area contributed by atoms with Crippen molar-refractivity contribution in [3.63, 3.8) is 0 Å². The smallest absolute Gasteiger partial charge is 0.248 e. The number of nitrogens with two attached hydrogens (primary N) is 1. The summed E-state index contributed by atoms with van der Waals surface area (Å²) in [7, 11) is 0. The standard InChI is InChI=1S/C13H16N4O.2ClH/c1-10(17-7-3-6-15-17)13(18)16-12-5-2-4-11(8-12)9-14;;/h2-8,10H,9,14H2,1H3,(H,16,18);2*1H. The van der Waals surface area contributed by atoms with Gasteiger partial charge < -0.3 is 11.1 Å². The van der Waals surface area contributed by atoms with Gasteiger partial charge in [0.2, 0.25) is 5.91 Å². The number of rotatable bonds is 4. The number of carbonyl (C=O) groups is 1. The Morgan fingerprint density at radius 2 is 2.15 bits per heavy atom. The molecule has 110 valence electrons. The summed E-state index contributed by atoms with van der Waals surface area (Å²) >= 11 is 0. The molecule has 1 heterocycles. The van der Waals surface area contributed by atoms with Crippen molar-refractivity contribution in [2.24, 2.45) is 5.73 Å². The summed E-state index contributed by atoms with van der Waals surface area (Å²) in [5, 5.41) is 6.90. The molecule has 2 aromatic rings. The first-order chi connectivity index (χ1) is 8.70. The largest absolute Gasteiger partial charge is 0.326 e. The zero-order chi connectivity index (χ0) is 13.0. The molecule has 7 heteroatoms. The molecule has 0 saturated heterocycles. The average molecular weight is 317 g/mol. The Bertz CT molecular complexity index is 531. The van der Waals surface area contributed by atoms with Crippen LogP contribution in [0.15, 0.2) is 42.7 Å². The molecule has 1 amide bonds. The van der Waals surface area contributed by atoms with Crippen LogP contribution < -0.4 is 11.1 Å². The van der Waals surface area contributed by atoms with E-state index < -0.39 is 0 Å². The number of nitrogens with zero attached hydrogens (tertiary/aromatic N) is 2. The molecule has 5 nitrogen and oxygen atoms in total. The van der Waals surface area contributed by atoms with Gasteiger partial charge in [-0.2, -0.15) is 5.10 Å². The SMILES string of the molecule is CC(C(=O)Nc1cccc(CN)c1)n1cccn1.Cl.Cl. The predicted molar refractivity (Wildman–Crippen MR) is 84.4 cm³/mol. The van der Waals surface area contributed by atoms with Gasteiger partial charge in [0.05, 0.1) is 0 Å². The summed E-state index contributed by atoms with van der Waals surface area (Å²) < 4.78 is 1.61. The second-order valence-electron chi connectivity index (χ2n) is 4.06. The highest BCUT2D eigenvalue weighted by molar-refractivity contribution is 5.93. The topological polar surface area (TPSA) is 72.9 Å². The lowest BCUT2D eigenvalue weighted by Gasteiger charge is -2.13. The number of nitrogens with one attached hydrogen (secondary N) is 1. The van der Waals surface area contributed by atoms with Crippen LogP contribution in [0, 0.1) is 0 Å². The zero-order valence-corrected chi connectivity index (χ0v) is 12.7. The first kappa shape index (κ1) is 18.4. The Kier molecular flexibility index (Phi) is 7.91. The molecule has 2 rings (SSSR count). The van der Waals surface area contributed by atoms with Crippen molar-refractivity contribution in [2.45, 2.75) is 19.5 Å². The van der Waals surface area contributed by atoms with E-state index in [1.165, 1.54) is 0 Å². The van der Waals surface area contributed by atoms with Crippen LogP contribution in [-0.4, -0.2) is 15.7 Å². The Labute approximate surface area is 130 Å². The maximum absolute atomic E-state index is 12.0. The van der Waals surface area contributed by atoms with Crippen LogP contribution in [-0.2, 0) is 11.3 Å². The van der Waals surface area contributed by atoms with Crippen molar-refractivity contribution < 1.29 is 4.79 Å². The summed E-state index contributed by atoms with van der Waals surface area (Å²) in [6.07, 6.45) is 3.42.